The summed E-state index contributed by atoms with van der Waals surface area (Å²) in [6, 6.07) is 14.3. The number of anilines is 1. The second kappa shape index (κ2) is 12.5. The highest BCUT2D eigenvalue weighted by Gasteiger charge is 2.10. The fourth-order valence-electron chi connectivity index (χ4n) is 2.90. The summed E-state index contributed by atoms with van der Waals surface area (Å²) in [6.45, 7) is 9.28. The highest BCUT2D eigenvalue weighted by Crippen LogP contribution is 2.23. The molecule has 152 valence electrons. The lowest BCUT2D eigenvalue weighted by Crippen LogP contribution is -2.23. The SMILES string of the molecule is C/C=C(\C=N/C(C)OCCN1C=C=CCc2ccccc21)c1ccccn1.CC. The van der Waals surface area contributed by atoms with Crippen LogP contribution in [0, 0.1) is 0 Å². The Morgan fingerprint density at radius 3 is 2.79 bits per heavy atom. The molecule has 0 saturated carbocycles. The Morgan fingerprint density at radius 1 is 1.24 bits per heavy atom. The Labute approximate surface area is 175 Å². The molecule has 4 heteroatoms. The molecule has 0 amide bonds. The van der Waals surface area contributed by atoms with Crippen LogP contribution < -0.4 is 4.90 Å². The molecule has 4 nitrogen and oxygen atoms in total. The van der Waals surface area contributed by atoms with Crippen molar-refractivity contribution in [3.8, 4) is 0 Å². The topological polar surface area (TPSA) is 37.7 Å². The minimum Gasteiger partial charge on any atom is -0.355 e. The molecule has 0 N–H and O–H groups in total. The number of nitrogens with zero attached hydrogens (tertiary/aromatic N) is 3. The van der Waals surface area contributed by atoms with Crippen LogP contribution >= 0.6 is 0 Å². The average molecular weight is 390 g/mol. The summed E-state index contributed by atoms with van der Waals surface area (Å²) >= 11 is 0. The van der Waals surface area contributed by atoms with E-state index in [2.05, 4.69) is 50.9 Å². The van der Waals surface area contributed by atoms with Gasteiger partial charge in [0.1, 0.15) is 6.23 Å². The third kappa shape index (κ3) is 6.86. The van der Waals surface area contributed by atoms with Crippen LogP contribution in [-0.4, -0.2) is 30.6 Å². The fourth-order valence-corrected chi connectivity index (χ4v) is 2.90. The van der Waals surface area contributed by atoms with Gasteiger partial charge in [-0.05, 0) is 50.1 Å². The van der Waals surface area contributed by atoms with Gasteiger partial charge in [-0.1, -0.05) is 44.2 Å². The maximum absolute atomic E-state index is 5.89. The lowest BCUT2D eigenvalue weighted by atomic mass is 10.1. The smallest absolute Gasteiger partial charge is 0.145 e. The first kappa shape index (κ1) is 22.4. The van der Waals surface area contributed by atoms with Gasteiger partial charge in [0.25, 0.3) is 0 Å². The van der Waals surface area contributed by atoms with Crippen LogP contribution in [-0.2, 0) is 11.2 Å². The van der Waals surface area contributed by atoms with Gasteiger partial charge in [-0.2, -0.15) is 0 Å². The Hall–Kier alpha value is -2.94. The van der Waals surface area contributed by atoms with Gasteiger partial charge in [0, 0.05) is 36.4 Å². The first-order chi connectivity index (χ1) is 14.3. The van der Waals surface area contributed by atoms with Crippen LogP contribution in [0.15, 0.2) is 77.7 Å². The van der Waals surface area contributed by atoms with Gasteiger partial charge in [-0.25, -0.2) is 0 Å². The summed E-state index contributed by atoms with van der Waals surface area (Å²) in [5, 5.41) is 0. The van der Waals surface area contributed by atoms with Crippen LogP contribution in [0.1, 0.15) is 39.0 Å². The van der Waals surface area contributed by atoms with E-state index in [0.717, 1.165) is 24.2 Å². The molecule has 1 aromatic carbocycles. The summed E-state index contributed by atoms with van der Waals surface area (Å²) in [5.41, 5.74) is 7.64. The molecule has 1 aromatic heterocycles. The molecule has 0 saturated heterocycles. The molecule has 0 aliphatic carbocycles. The Bertz CT molecular complexity index is 865. The highest BCUT2D eigenvalue weighted by molar-refractivity contribution is 6.08. The van der Waals surface area contributed by atoms with Gasteiger partial charge in [-0.3, -0.25) is 9.98 Å². The van der Waals surface area contributed by atoms with Crippen LogP contribution in [0.25, 0.3) is 5.57 Å². The lowest BCUT2D eigenvalue weighted by Gasteiger charge is -2.22. The van der Waals surface area contributed by atoms with Crippen LogP contribution in [0.5, 0.6) is 0 Å². The van der Waals surface area contributed by atoms with E-state index in [9.17, 15) is 0 Å². The minimum absolute atomic E-state index is 0.217. The number of aromatic nitrogens is 1. The van der Waals surface area contributed by atoms with Crippen molar-refractivity contribution >= 4 is 17.5 Å². The molecule has 1 aliphatic heterocycles. The maximum Gasteiger partial charge on any atom is 0.145 e. The van der Waals surface area contributed by atoms with E-state index >= 15 is 0 Å². The summed E-state index contributed by atoms with van der Waals surface area (Å²) < 4.78 is 5.89. The summed E-state index contributed by atoms with van der Waals surface area (Å²) in [4.78, 5) is 11.1. The van der Waals surface area contributed by atoms with Gasteiger partial charge < -0.3 is 9.64 Å². The third-order valence-corrected chi connectivity index (χ3v) is 4.36. The van der Waals surface area contributed by atoms with Gasteiger partial charge >= 0.3 is 0 Å². The molecule has 29 heavy (non-hydrogen) atoms. The number of hydrogen-bond donors (Lipinski definition) is 0. The summed E-state index contributed by atoms with van der Waals surface area (Å²) in [7, 11) is 0. The van der Waals surface area contributed by atoms with Crippen molar-refractivity contribution in [2.75, 3.05) is 18.1 Å². The molecular weight excluding hydrogens is 358 g/mol. The number of benzene rings is 1. The zero-order chi connectivity index (χ0) is 20.9. The van der Waals surface area contributed by atoms with E-state index in [4.69, 9.17) is 4.74 Å². The van der Waals surface area contributed by atoms with Crippen molar-refractivity contribution in [2.24, 2.45) is 4.99 Å². The zero-order valence-electron chi connectivity index (χ0n) is 17.9. The van der Waals surface area contributed by atoms with E-state index in [1.807, 2.05) is 64.4 Å². The van der Waals surface area contributed by atoms with Gasteiger partial charge in [-0.15, -0.1) is 5.73 Å². The monoisotopic (exact) mass is 389 g/mol. The average Bonchev–Trinajstić information content (AvgIpc) is 2.99. The van der Waals surface area contributed by atoms with Crippen molar-refractivity contribution in [1.29, 1.82) is 0 Å². The summed E-state index contributed by atoms with van der Waals surface area (Å²) in [6.07, 6.45) is 10.4. The highest BCUT2D eigenvalue weighted by atomic mass is 16.5. The molecule has 0 fully saturated rings. The minimum atomic E-state index is -0.217. The van der Waals surface area contributed by atoms with Gasteiger partial charge in [0.15, 0.2) is 0 Å². The zero-order valence-corrected chi connectivity index (χ0v) is 17.9. The van der Waals surface area contributed by atoms with Gasteiger partial charge in [0.05, 0.1) is 12.3 Å². The van der Waals surface area contributed by atoms with Crippen molar-refractivity contribution in [3.05, 3.63) is 84.0 Å². The number of aliphatic imine (C=N–C) groups is 1. The Balaban J connectivity index is 0.00000145. The molecule has 3 rings (SSSR count). The van der Waals surface area contributed by atoms with E-state index in [-0.39, 0.29) is 6.23 Å². The van der Waals surface area contributed by atoms with Crippen LogP contribution in [0.4, 0.5) is 5.69 Å². The predicted octanol–water partition coefficient (Wildman–Crippen LogP) is 5.68. The fraction of sp³-hybridized carbons (Fsp3) is 0.320. The first-order valence-corrected chi connectivity index (χ1v) is 10.3. The van der Waals surface area contributed by atoms with E-state index in [0.29, 0.717) is 6.61 Å². The molecule has 2 aromatic rings. The van der Waals surface area contributed by atoms with E-state index in [1.165, 1.54) is 11.3 Å². The van der Waals surface area contributed by atoms with Crippen molar-refractivity contribution < 1.29 is 4.74 Å². The second-order valence-corrected chi connectivity index (χ2v) is 6.23. The molecule has 0 bridgehead atoms. The number of allylic oxidation sites excluding steroid dienone is 3. The molecule has 1 aliphatic rings. The first-order valence-electron chi connectivity index (χ1n) is 10.3. The van der Waals surface area contributed by atoms with Crippen LogP contribution in [0.2, 0.25) is 0 Å². The Kier molecular flexibility index (Phi) is 9.64. The summed E-state index contributed by atoms with van der Waals surface area (Å²) in [5.74, 6) is 0. The molecule has 0 radical (unpaired) electrons. The van der Waals surface area contributed by atoms with E-state index in [1.54, 1.807) is 6.20 Å². The second-order valence-electron chi connectivity index (χ2n) is 6.23. The van der Waals surface area contributed by atoms with Crippen molar-refractivity contribution in [2.45, 2.75) is 40.3 Å². The molecule has 1 unspecified atom stereocenters. The predicted molar refractivity (Wildman–Crippen MR) is 123 cm³/mol. The van der Waals surface area contributed by atoms with Crippen molar-refractivity contribution in [1.82, 2.24) is 4.98 Å². The number of para-hydroxylation sites is 1. The van der Waals surface area contributed by atoms with Crippen molar-refractivity contribution in [3.63, 3.8) is 0 Å². The number of hydrogen-bond acceptors (Lipinski definition) is 4. The largest absolute Gasteiger partial charge is 0.355 e. The Morgan fingerprint density at radius 2 is 2.03 bits per heavy atom. The number of fused-ring (bicyclic) bond motifs is 1. The number of pyridine rings is 1. The quantitative estimate of drug-likeness (QED) is 0.452. The van der Waals surface area contributed by atoms with Gasteiger partial charge in [0.2, 0.25) is 0 Å². The lowest BCUT2D eigenvalue weighted by molar-refractivity contribution is 0.0788. The molecule has 1 atom stereocenters. The molecular formula is C25H31N3O. The number of rotatable bonds is 7. The maximum atomic E-state index is 5.89. The van der Waals surface area contributed by atoms with E-state index < -0.39 is 0 Å². The third-order valence-electron chi connectivity index (χ3n) is 4.36. The molecule has 2 heterocycles. The standard InChI is InChI=1S/C23H25N3O.C2H6/c1-3-20(22-12-6-8-14-24-22)18-25-19(2)27-17-16-26-15-9-7-11-21-10-4-5-13-23(21)26;1-2/h3-8,10,12-15,18-19H,11,16-17H2,1-2H3;1-2H3/b20-3+,25-18-;. The normalized spacial score (nSPS) is 14.2. The molecule has 0 spiro atoms. The van der Waals surface area contributed by atoms with Crippen LogP contribution in [0.3, 0.4) is 0 Å². The number of ether oxygens (including phenoxy) is 1.